The van der Waals surface area contributed by atoms with Crippen molar-refractivity contribution >= 4 is 23.7 Å². The minimum absolute atomic E-state index is 0.00747. The third-order valence-electron chi connectivity index (χ3n) is 6.11. The first-order valence-electron chi connectivity index (χ1n) is 11.6. The lowest BCUT2D eigenvalue weighted by Crippen LogP contribution is -2.34. The molecule has 3 aromatic rings. The number of carboxylic acid groups (broad SMARTS) is 1. The topological polar surface area (TPSA) is 105 Å². The molecule has 2 amide bonds. The van der Waals surface area contributed by atoms with Crippen LogP contribution in [0.1, 0.15) is 42.4 Å². The molecule has 0 aromatic heterocycles. The quantitative estimate of drug-likeness (QED) is 0.408. The lowest BCUT2D eigenvalue weighted by molar-refractivity contribution is -0.137. The summed E-state index contributed by atoms with van der Waals surface area (Å²) in [5.41, 5.74) is 6.01. The Morgan fingerprint density at radius 1 is 0.914 bits per heavy atom. The van der Waals surface area contributed by atoms with E-state index >= 15 is 0 Å². The molecule has 1 aliphatic carbocycles. The van der Waals surface area contributed by atoms with E-state index in [9.17, 15) is 14.4 Å². The van der Waals surface area contributed by atoms with Crippen molar-refractivity contribution in [3.05, 3.63) is 89.5 Å². The number of hydrogen-bond donors (Lipinski definition) is 3. The van der Waals surface area contributed by atoms with Gasteiger partial charge in [-0.3, -0.25) is 14.9 Å². The van der Waals surface area contributed by atoms with E-state index in [0.717, 1.165) is 16.7 Å². The van der Waals surface area contributed by atoms with Gasteiger partial charge in [0.1, 0.15) is 6.61 Å². The summed E-state index contributed by atoms with van der Waals surface area (Å²) in [4.78, 5) is 35.3. The highest BCUT2D eigenvalue weighted by atomic mass is 16.5. The normalized spacial score (nSPS) is 12.8. The number of benzene rings is 3. The van der Waals surface area contributed by atoms with Gasteiger partial charge in [0.15, 0.2) is 0 Å². The Morgan fingerprint density at radius 3 is 2.11 bits per heavy atom. The molecule has 0 bridgehead atoms. The van der Waals surface area contributed by atoms with E-state index in [1.165, 1.54) is 11.1 Å². The Hall–Kier alpha value is -4.13. The minimum Gasteiger partial charge on any atom is -0.481 e. The van der Waals surface area contributed by atoms with E-state index in [1.54, 1.807) is 31.2 Å². The number of hydrogen-bond acceptors (Lipinski definition) is 4. The van der Waals surface area contributed by atoms with Gasteiger partial charge in [0.25, 0.3) is 0 Å². The molecule has 7 nitrogen and oxygen atoms in total. The number of rotatable bonds is 9. The Kier molecular flexibility index (Phi) is 7.45. The Morgan fingerprint density at radius 2 is 1.51 bits per heavy atom. The molecule has 180 valence electrons. The van der Waals surface area contributed by atoms with Crippen LogP contribution in [0.2, 0.25) is 0 Å². The summed E-state index contributed by atoms with van der Waals surface area (Å²) in [6, 6.07) is 23.1. The van der Waals surface area contributed by atoms with E-state index < -0.39 is 12.1 Å². The molecule has 35 heavy (non-hydrogen) atoms. The first-order valence-corrected chi connectivity index (χ1v) is 11.6. The fourth-order valence-electron chi connectivity index (χ4n) is 4.38. The molecule has 4 rings (SSSR count). The van der Waals surface area contributed by atoms with Crippen LogP contribution in [-0.4, -0.2) is 35.7 Å². The maximum atomic E-state index is 12.4. The zero-order chi connectivity index (χ0) is 24.8. The molecule has 1 unspecified atom stereocenters. The van der Waals surface area contributed by atoms with Crippen molar-refractivity contribution in [1.29, 1.82) is 0 Å². The number of fused-ring (bicyclic) bond motifs is 3. The SMILES string of the molecule is CC(CCC(=O)O)NC(=O)Cc1ccc(NC(=O)OCC2c3ccccc3-c3ccccc32)cc1. The van der Waals surface area contributed by atoms with Crippen LogP contribution in [0.15, 0.2) is 72.8 Å². The lowest BCUT2D eigenvalue weighted by Gasteiger charge is -2.15. The van der Waals surface area contributed by atoms with Crippen LogP contribution >= 0.6 is 0 Å². The number of aliphatic carboxylic acids is 1. The second kappa shape index (κ2) is 10.9. The van der Waals surface area contributed by atoms with Crippen molar-refractivity contribution in [1.82, 2.24) is 5.32 Å². The third kappa shape index (κ3) is 6.06. The molecule has 0 spiro atoms. The third-order valence-corrected chi connectivity index (χ3v) is 6.11. The molecule has 7 heteroatoms. The van der Waals surface area contributed by atoms with Gasteiger partial charge in [-0.15, -0.1) is 0 Å². The van der Waals surface area contributed by atoms with Crippen LogP contribution in [0.3, 0.4) is 0 Å². The smallest absolute Gasteiger partial charge is 0.411 e. The zero-order valence-electron chi connectivity index (χ0n) is 19.5. The Labute approximate surface area is 204 Å². The van der Waals surface area contributed by atoms with Crippen LogP contribution in [-0.2, 0) is 20.7 Å². The zero-order valence-corrected chi connectivity index (χ0v) is 19.5. The van der Waals surface area contributed by atoms with Gasteiger partial charge in [-0.2, -0.15) is 0 Å². The number of carboxylic acids is 1. The number of carbonyl (C=O) groups excluding carboxylic acids is 2. The molecule has 0 saturated carbocycles. The highest BCUT2D eigenvalue weighted by Crippen LogP contribution is 2.44. The fourth-order valence-corrected chi connectivity index (χ4v) is 4.38. The average Bonchev–Trinajstić information content (AvgIpc) is 3.16. The van der Waals surface area contributed by atoms with E-state index in [2.05, 4.69) is 34.9 Å². The maximum Gasteiger partial charge on any atom is 0.411 e. The highest BCUT2D eigenvalue weighted by Gasteiger charge is 2.29. The van der Waals surface area contributed by atoms with Gasteiger partial charge in [-0.05, 0) is 53.3 Å². The minimum atomic E-state index is -0.884. The van der Waals surface area contributed by atoms with Crippen molar-refractivity contribution in [2.24, 2.45) is 0 Å². The summed E-state index contributed by atoms with van der Waals surface area (Å²) in [6.45, 7) is 2.01. The molecular weight excluding hydrogens is 444 g/mol. The molecule has 0 radical (unpaired) electrons. The fraction of sp³-hybridized carbons (Fsp3) is 0.250. The summed E-state index contributed by atoms with van der Waals surface area (Å²) in [6.07, 6.45) is 0.0225. The van der Waals surface area contributed by atoms with E-state index in [1.807, 2.05) is 24.3 Å². The van der Waals surface area contributed by atoms with Crippen LogP contribution in [0.5, 0.6) is 0 Å². The van der Waals surface area contributed by atoms with Crippen molar-refractivity contribution in [3.63, 3.8) is 0 Å². The second-order valence-electron chi connectivity index (χ2n) is 8.73. The van der Waals surface area contributed by atoms with E-state index in [-0.39, 0.29) is 37.3 Å². The average molecular weight is 473 g/mol. The summed E-state index contributed by atoms with van der Waals surface area (Å²) >= 11 is 0. The number of amides is 2. The van der Waals surface area contributed by atoms with Gasteiger partial charge in [-0.25, -0.2) is 4.79 Å². The summed E-state index contributed by atoms with van der Waals surface area (Å²) < 4.78 is 5.57. The van der Waals surface area contributed by atoms with Crippen molar-refractivity contribution in [2.45, 2.75) is 38.1 Å². The first-order chi connectivity index (χ1) is 16.9. The van der Waals surface area contributed by atoms with Gasteiger partial charge in [0.05, 0.1) is 6.42 Å². The molecular formula is C28H28N2O5. The molecule has 1 atom stereocenters. The Balaban J connectivity index is 1.28. The standard InChI is InChI=1S/C28H28N2O5/c1-18(10-15-27(32)33)29-26(31)16-19-11-13-20(14-12-19)30-28(34)35-17-25-23-8-4-2-6-21(23)22-7-3-5-9-24(22)25/h2-9,11-14,18,25H,10,15-17H2,1H3,(H,29,31)(H,30,34)(H,32,33). The molecule has 0 heterocycles. The van der Waals surface area contributed by atoms with Crippen LogP contribution in [0.4, 0.5) is 10.5 Å². The van der Waals surface area contributed by atoms with Crippen LogP contribution < -0.4 is 10.6 Å². The number of carbonyl (C=O) groups is 3. The largest absolute Gasteiger partial charge is 0.481 e. The predicted molar refractivity (Wildman–Crippen MR) is 133 cm³/mol. The van der Waals surface area contributed by atoms with Crippen molar-refractivity contribution in [2.75, 3.05) is 11.9 Å². The second-order valence-corrected chi connectivity index (χ2v) is 8.73. The number of ether oxygens (including phenoxy) is 1. The molecule has 3 aromatic carbocycles. The van der Waals surface area contributed by atoms with Crippen molar-refractivity contribution in [3.8, 4) is 11.1 Å². The molecule has 0 fully saturated rings. The highest BCUT2D eigenvalue weighted by molar-refractivity contribution is 5.85. The van der Waals surface area contributed by atoms with E-state index in [4.69, 9.17) is 9.84 Å². The van der Waals surface area contributed by atoms with Crippen LogP contribution in [0.25, 0.3) is 11.1 Å². The summed E-state index contributed by atoms with van der Waals surface area (Å²) in [5, 5.41) is 14.3. The monoisotopic (exact) mass is 472 g/mol. The number of nitrogens with one attached hydrogen (secondary N) is 2. The summed E-state index contributed by atoms with van der Waals surface area (Å²) in [5.74, 6) is -1.07. The summed E-state index contributed by atoms with van der Waals surface area (Å²) in [7, 11) is 0. The molecule has 0 aliphatic heterocycles. The van der Waals surface area contributed by atoms with E-state index in [0.29, 0.717) is 12.1 Å². The van der Waals surface area contributed by atoms with Crippen LogP contribution in [0, 0.1) is 0 Å². The predicted octanol–water partition coefficient (Wildman–Crippen LogP) is 4.96. The maximum absolute atomic E-state index is 12.4. The van der Waals surface area contributed by atoms with Gasteiger partial charge in [0.2, 0.25) is 5.91 Å². The molecule has 3 N–H and O–H groups in total. The van der Waals surface area contributed by atoms with Gasteiger partial charge < -0.3 is 15.2 Å². The lowest BCUT2D eigenvalue weighted by atomic mass is 9.98. The Bertz CT molecular complexity index is 1180. The first kappa shape index (κ1) is 24.0. The van der Waals surface area contributed by atoms with Crippen molar-refractivity contribution < 1.29 is 24.2 Å². The van der Waals surface area contributed by atoms with Gasteiger partial charge >= 0.3 is 12.1 Å². The van der Waals surface area contributed by atoms with Gasteiger partial charge in [0, 0.05) is 24.1 Å². The molecule has 0 saturated heterocycles. The number of anilines is 1. The molecule has 1 aliphatic rings. The van der Waals surface area contributed by atoms with Gasteiger partial charge in [-0.1, -0.05) is 60.7 Å².